The van der Waals surface area contributed by atoms with Crippen LogP contribution >= 0.6 is 0 Å². The van der Waals surface area contributed by atoms with Crippen molar-refractivity contribution in [3.05, 3.63) is 29.3 Å². The third kappa shape index (κ3) is 2.45. The van der Waals surface area contributed by atoms with Crippen LogP contribution in [0.5, 0.6) is 5.75 Å². The van der Waals surface area contributed by atoms with Gasteiger partial charge in [0.1, 0.15) is 11.9 Å². The van der Waals surface area contributed by atoms with E-state index in [4.69, 9.17) is 5.73 Å². The van der Waals surface area contributed by atoms with Gasteiger partial charge in [-0.25, -0.2) is 0 Å². The third-order valence-corrected chi connectivity index (χ3v) is 2.10. The number of carbonyl (C=O) groups is 1. The minimum Gasteiger partial charge on any atom is -0.508 e. The van der Waals surface area contributed by atoms with Crippen LogP contribution in [0.3, 0.4) is 0 Å². The Hall–Kier alpha value is -1.59. The maximum Gasteiger partial charge on any atom is 0.249 e. The Morgan fingerprint density at radius 3 is 2.47 bits per heavy atom. The van der Waals surface area contributed by atoms with Crippen molar-refractivity contribution in [2.24, 2.45) is 5.73 Å². The number of phenolic OH excluding ortho intramolecular Hbond substituents is 1. The summed E-state index contributed by atoms with van der Waals surface area (Å²) in [5, 5.41) is 28.2. The first-order chi connectivity index (χ1) is 6.93. The second-order valence-electron chi connectivity index (χ2n) is 3.35. The Bertz CT molecular complexity index is 378. The van der Waals surface area contributed by atoms with Gasteiger partial charge in [-0.15, -0.1) is 0 Å². The highest BCUT2D eigenvalue weighted by molar-refractivity contribution is 5.79. The standard InChI is InChI=1S/C10H13NO4/c1-5-2-3-6(7(12)4-5)8(13)9(14)10(11)15/h2-4,8-9,12-14H,1H3,(H2,11,15). The summed E-state index contributed by atoms with van der Waals surface area (Å²) >= 11 is 0. The Balaban J connectivity index is 3.01. The number of aryl methyl sites for hydroxylation is 1. The van der Waals surface area contributed by atoms with Crippen LogP contribution < -0.4 is 5.73 Å². The van der Waals surface area contributed by atoms with Crippen molar-refractivity contribution in [1.82, 2.24) is 0 Å². The summed E-state index contributed by atoms with van der Waals surface area (Å²) in [6.45, 7) is 1.76. The van der Waals surface area contributed by atoms with E-state index in [9.17, 15) is 20.1 Å². The number of phenols is 1. The van der Waals surface area contributed by atoms with Gasteiger partial charge in [-0.1, -0.05) is 12.1 Å². The van der Waals surface area contributed by atoms with Gasteiger partial charge < -0.3 is 21.1 Å². The lowest BCUT2D eigenvalue weighted by atomic mass is 10.0. The lowest BCUT2D eigenvalue weighted by Gasteiger charge is -2.16. The molecule has 82 valence electrons. The van der Waals surface area contributed by atoms with Crippen LogP contribution in [0.25, 0.3) is 0 Å². The molecule has 0 aliphatic carbocycles. The quantitative estimate of drug-likeness (QED) is 0.545. The zero-order valence-corrected chi connectivity index (χ0v) is 8.21. The van der Waals surface area contributed by atoms with Gasteiger partial charge in [0, 0.05) is 5.56 Å². The van der Waals surface area contributed by atoms with E-state index in [1.54, 1.807) is 13.0 Å². The molecule has 0 aliphatic rings. The highest BCUT2D eigenvalue weighted by atomic mass is 16.3. The smallest absolute Gasteiger partial charge is 0.249 e. The number of primary amides is 1. The van der Waals surface area contributed by atoms with Crippen molar-refractivity contribution in [2.75, 3.05) is 0 Å². The zero-order valence-electron chi connectivity index (χ0n) is 8.21. The highest BCUT2D eigenvalue weighted by Crippen LogP contribution is 2.27. The molecule has 15 heavy (non-hydrogen) atoms. The highest BCUT2D eigenvalue weighted by Gasteiger charge is 2.25. The number of hydrogen-bond acceptors (Lipinski definition) is 4. The molecule has 5 heteroatoms. The summed E-state index contributed by atoms with van der Waals surface area (Å²) in [6, 6.07) is 4.50. The molecular weight excluding hydrogens is 198 g/mol. The summed E-state index contributed by atoms with van der Waals surface area (Å²) in [5.41, 5.74) is 5.70. The molecule has 1 amide bonds. The molecule has 0 radical (unpaired) electrons. The summed E-state index contributed by atoms with van der Waals surface area (Å²) in [4.78, 5) is 10.6. The number of benzene rings is 1. The van der Waals surface area contributed by atoms with Gasteiger partial charge in [0.25, 0.3) is 0 Å². The second kappa shape index (κ2) is 4.29. The van der Waals surface area contributed by atoms with Crippen LogP contribution in [0, 0.1) is 6.92 Å². The Kier molecular flexibility index (Phi) is 3.28. The van der Waals surface area contributed by atoms with Gasteiger partial charge in [0.2, 0.25) is 5.91 Å². The summed E-state index contributed by atoms with van der Waals surface area (Å²) in [6.07, 6.45) is -3.23. The van der Waals surface area contributed by atoms with Gasteiger partial charge >= 0.3 is 0 Å². The molecule has 0 aromatic heterocycles. The number of carbonyl (C=O) groups excluding carboxylic acids is 1. The van der Waals surface area contributed by atoms with Crippen LogP contribution in [0.15, 0.2) is 18.2 Å². The van der Waals surface area contributed by atoms with Crippen LogP contribution in [-0.4, -0.2) is 27.3 Å². The fourth-order valence-electron chi connectivity index (χ4n) is 1.23. The summed E-state index contributed by atoms with van der Waals surface area (Å²) < 4.78 is 0. The molecule has 1 aromatic carbocycles. The van der Waals surface area contributed by atoms with E-state index in [0.717, 1.165) is 5.56 Å². The van der Waals surface area contributed by atoms with Gasteiger partial charge in [0.15, 0.2) is 6.10 Å². The molecule has 0 saturated carbocycles. The predicted octanol–water partition coefficient (Wildman–Crippen LogP) is -0.420. The number of hydrogen-bond donors (Lipinski definition) is 4. The Labute approximate surface area is 86.8 Å². The van der Waals surface area contributed by atoms with Crippen LogP contribution in [0.4, 0.5) is 0 Å². The number of aliphatic hydroxyl groups excluding tert-OH is 2. The van der Waals surface area contributed by atoms with E-state index in [0.29, 0.717) is 0 Å². The Morgan fingerprint density at radius 2 is 2.00 bits per heavy atom. The molecule has 5 nitrogen and oxygen atoms in total. The first kappa shape index (κ1) is 11.5. The van der Waals surface area contributed by atoms with Crippen molar-refractivity contribution in [1.29, 1.82) is 0 Å². The van der Waals surface area contributed by atoms with E-state index >= 15 is 0 Å². The molecule has 0 fully saturated rings. The van der Waals surface area contributed by atoms with Crippen molar-refractivity contribution < 1.29 is 20.1 Å². The topological polar surface area (TPSA) is 104 Å². The summed E-state index contributed by atoms with van der Waals surface area (Å²) in [7, 11) is 0. The first-order valence-electron chi connectivity index (χ1n) is 4.38. The van der Waals surface area contributed by atoms with E-state index in [2.05, 4.69) is 0 Å². The van der Waals surface area contributed by atoms with Crippen LogP contribution in [-0.2, 0) is 4.79 Å². The molecule has 0 aliphatic heterocycles. The fourth-order valence-corrected chi connectivity index (χ4v) is 1.23. The monoisotopic (exact) mass is 211 g/mol. The molecule has 5 N–H and O–H groups in total. The predicted molar refractivity (Wildman–Crippen MR) is 53.0 cm³/mol. The number of nitrogens with two attached hydrogens (primary N) is 1. The summed E-state index contributed by atoms with van der Waals surface area (Å²) in [5.74, 6) is -1.22. The number of rotatable bonds is 3. The van der Waals surface area contributed by atoms with Crippen molar-refractivity contribution >= 4 is 5.91 Å². The minimum absolute atomic E-state index is 0.0758. The van der Waals surface area contributed by atoms with Crippen molar-refractivity contribution in [3.8, 4) is 5.75 Å². The molecule has 0 heterocycles. The number of amides is 1. The number of aromatic hydroxyl groups is 1. The van der Waals surface area contributed by atoms with Crippen LogP contribution in [0.2, 0.25) is 0 Å². The molecule has 0 bridgehead atoms. The zero-order chi connectivity index (χ0) is 11.6. The SMILES string of the molecule is Cc1ccc(C(O)C(O)C(N)=O)c(O)c1. The van der Waals surface area contributed by atoms with E-state index < -0.39 is 18.1 Å². The van der Waals surface area contributed by atoms with Crippen molar-refractivity contribution in [2.45, 2.75) is 19.1 Å². The minimum atomic E-state index is -1.72. The maximum atomic E-state index is 10.6. The largest absolute Gasteiger partial charge is 0.508 e. The molecule has 0 spiro atoms. The van der Waals surface area contributed by atoms with Gasteiger partial charge in [0.05, 0.1) is 0 Å². The first-order valence-corrected chi connectivity index (χ1v) is 4.38. The molecule has 2 atom stereocenters. The lowest BCUT2D eigenvalue weighted by Crippen LogP contribution is -2.33. The van der Waals surface area contributed by atoms with Crippen LogP contribution in [0.1, 0.15) is 17.2 Å². The maximum absolute atomic E-state index is 10.6. The van der Waals surface area contributed by atoms with E-state index in [-0.39, 0.29) is 11.3 Å². The average Bonchev–Trinajstić information content (AvgIpc) is 2.15. The molecule has 1 aromatic rings. The average molecular weight is 211 g/mol. The van der Waals surface area contributed by atoms with Gasteiger partial charge in [-0.05, 0) is 18.6 Å². The molecule has 2 unspecified atom stereocenters. The van der Waals surface area contributed by atoms with Gasteiger partial charge in [-0.2, -0.15) is 0 Å². The lowest BCUT2D eigenvalue weighted by molar-refractivity contribution is -0.132. The molecular formula is C10H13NO4. The normalized spacial score (nSPS) is 14.6. The van der Waals surface area contributed by atoms with E-state index in [1.807, 2.05) is 0 Å². The number of aliphatic hydroxyl groups is 2. The fraction of sp³-hybridized carbons (Fsp3) is 0.300. The molecule has 0 saturated heterocycles. The van der Waals surface area contributed by atoms with Gasteiger partial charge in [-0.3, -0.25) is 4.79 Å². The third-order valence-electron chi connectivity index (χ3n) is 2.10. The van der Waals surface area contributed by atoms with Crippen molar-refractivity contribution in [3.63, 3.8) is 0 Å². The Morgan fingerprint density at radius 1 is 1.40 bits per heavy atom. The van der Waals surface area contributed by atoms with E-state index in [1.165, 1.54) is 12.1 Å². The molecule has 1 rings (SSSR count). The second-order valence-corrected chi connectivity index (χ2v) is 3.35.